The smallest absolute Gasteiger partial charge is 0.231 e. The molecule has 1 aliphatic carbocycles. The van der Waals surface area contributed by atoms with Gasteiger partial charge in [-0.25, -0.2) is 0 Å². The van der Waals surface area contributed by atoms with Gasteiger partial charge < -0.3 is 9.84 Å². The maximum absolute atomic E-state index is 5.48. The number of aryl methyl sites for hydroxylation is 1. The molecule has 2 atom stereocenters. The van der Waals surface area contributed by atoms with Gasteiger partial charge in [-0.05, 0) is 25.8 Å². The van der Waals surface area contributed by atoms with E-state index in [9.17, 15) is 0 Å². The molecule has 0 amide bonds. The maximum Gasteiger partial charge on any atom is 0.231 e. The first-order chi connectivity index (χ1) is 8.85. The fourth-order valence-corrected chi connectivity index (χ4v) is 2.79. The van der Waals surface area contributed by atoms with Crippen LogP contribution in [0.2, 0.25) is 0 Å². The van der Waals surface area contributed by atoms with E-state index in [0.29, 0.717) is 12.0 Å². The fraction of sp³-hybridized carbons (Fsp3) is 0.857. The quantitative estimate of drug-likeness (QED) is 0.844. The van der Waals surface area contributed by atoms with Gasteiger partial charge in [0.1, 0.15) is 0 Å². The van der Waals surface area contributed by atoms with Crippen molar-refractivity contribution in [2.45, 2.75) is 70.8 Å². The topological polar surface area (TPSA) is 51.0 Å². The second-order valence-corrected chi connectivity index (χ2v) is 5.21. The van der Waals surface area contributed by atoms with Crippen LogP contribution in [0.15, 0.2) is 4.52 Å². The molecule has 0 bridgehead atoms. The van der Waals surface area contributed by atoms with Gasteiger partial charge in [-0.15, -0.1) is 0 Å². The molecule has 0 saturated heterocycles. The van der Waals surface area contributed by atoms with Gasteiger partial charge in [-0.3, -0.25) is 0 Å². The molecule has 0 aliphatic heterocycles. The zero-order valence-corrected chi connectivity index (χ0v) is 11.6. The highest BCUT2D eigenvalue weighted by molar-refractivity contribution is 5.01. The number of unbranched alkanes of at least 4 members (excludes halogenated alkanes) is 1. The van der Waals surface area contributed by atoms with E-state index in [2.05, 4.69) is 29.3 Å². The van der Waals surface area contributed by atoms with Crippen molar-refractivity contribution in [2.75, 3.05) is 6.54 Å². The van der Waals surface area contributed by atoms with E-state index in [1.54, 1.807) is 0 Å². The molecule has 1 heterocycles. The second-order valence-electron chi connectivity index (χ2n) is 5.21. The highest BCUT2D eigenvalue weighted by Gasteiger charge is 2.30. The van der Waals surface area contributed by atoms with Gasteiger partial charge in [0.2, 0.25) is 5.89 Å². The number of hydrogen-bond acceptors (Lipinski definition) is 4. The van der Waals surface area contributed by atoms with Gasteiger partial charge in [-0.2, -0.15) is 4.98 Å². The van der Waals surface area contributed by atoms with Crippen LogP contribution >= 0.6 is 0 Å². The van der Waals surface area contributed by atoms with Crippen molar-refractivity contribution in [1.82, 2.24) is 15.5 Å². The number of nitrogens with zero attached hydrogens (tertiary/aromatic N) is 2. The Hall–Kier alpha value is -0.900. The molecular formula is C14H25N3O. The highest BCUT2D eigenvalue weighted by Crippen LogP contribution is 2.32. The Morgan fingerprint density at radius 1 is 1.28 bits per heavy atom. The number of nitrogens with one attached hydrogen (secondary N) is 1. The predicted octanol–water partition coefficient (Wildman–Crippen LogP) is 3.05. The third kappa shape index (κ3) is 3.31. The summed E-state index contributed by atoms with van der Waals surface area (Å²) in [6, 6.07) is 0.517. The standard InChI is InChI=1S/C14H25N3O/c1-3-5-10-13-16-14(18-17-13)11-8-6-7-9-12(11)15-4-2/h11-12,15H,3-10H2,1-2H3. The van der Waals surface area contributed by atoms with E-state index in [1.165, 1.54) is 32.1 Å². The molecule has 1 aromatic heterocycles. The zero-order chi connectivity index (χ0) is 12.8. The summed E-state index contributed by atoms with van der Waals surface area (Å²) in [6.45, 7) is 5.35. The Morgan fingerprint density at radius 2 is 2.11 bits per heavy atom. The van der Waals surface area contributed by atoms with Crippen molar-refractivity contribution in [3.8, 4) is 0 Å². The van der Waals surface area contributed by atoms with E-state index in [4.69, 9.17) is 4.52 Å². The zero-order valence-electron chi connectivity index (χ0n) is 11.6. The Kier molecular flexibility index (Phi) is 5.17. The summed E-state index contributed by atoms with van der Waals surface area (Å²) < 4.78 is 5.48. The molecule has 1 fully saturated rings. The van der Waals surface area contributed by atoms with Crippen molar-refractivity contribution >= 4 is 0 Å². The molecule has 0 radical (unpaired) electrons. The maximum atomic E-state index is 5.48. The Bertz CT molecular complexity index is 349. The van der Waals surface area contributed by atoms with Crippen LogP contribution in [0.3, 0.4) is 0 Å². The molecule has 1 N–H and O–H groups in total. The van der Waals surface area contributed by atoms with Gasteiger partial charge in [0, 0.05) is 12.5 Å². The van der Waals surface area contributed by atoms with Crippen molar-refractivity contribution in [3.63, 3.8) is 0 Å². The first-order valence-electron chi connectivity index (χ1n) is 7.41. The normalized spacial score (nSPS) is 24.3. The minimum Gasteiger partial charge on any atom is -0.339 e. The SMILES string of the molecule is CCCCc1noc(C2CCCCC2NCC)n1. The van der Waals surface area contributed by atoms with Gasteiger partial charge in [0.05, 0.1) is 5.92 Å². The van der Waals surface area contributed by atoms with Crippen LogP contribution < -0.4 is 5.32 Å². The molecule has 0 aromatic carbocycles. The van der Waals surface area contributed by atoms with Gasteiger partial charge in [-0.1, -0.05) is 38.3 Å². The van der Waals surface area contributed by atoms with Crippen LogP contribution in [0.5, 0.6) is 0 Å². The van der Waals surface area contributed by atoms with Crippen molar-refractivity contribution in [1.29, 1.82) is 0 Å². The number of hydrogen-bond donors (Lipinski definition) is 1. The minimum atomic E-state index is 0.418. The Labute approximate surface area is 110 Å². The molecule has 1 aromatic rings. The Balaban J connectivity index is 2.01. The van der Waals surface area contributed by atoms with Gasteiger partial charge >= 0.3 is 0 Å². The summed E-state index contributed by atoms with van der Waals surface area (Å²) in [5.74, 6) is 2.15. The summed E-state index contributed by atoms with van der Waals surface area (Å²) in [7, 11) is 0. The minimum absolute atomic E-state index is 0.418. The summed E-state index contributed by atoms with van der Waals surface area (Å²) in [5, 5.41) is 7.67. The van der Waals surface area contributed by atoms with Crippen molar-refractivity contribution in [3.05, 3.63) is 11.7 Å². The molecular weight excluding hydrogens is 226 g/mol. The van der Waals surface area contributed by atoms with Gasteiger partial charge in [0.25, 0.3) is 0 Å². The lowest BCUT2D eigenvalue weighted by molar-refractivity contribution is 0.264. The molecule has 1 saturated carbocycles. The summed E-state index contributed by atoms with van der Waals surface area (Å²) >= 11 is 0. The average molecular weight is 251 g/mol. The van der Waals surface area contributed by atoms with E-state index < -0.39 is 0 Å². The molecule has 4 nitrogen and oxygen atoms in total. The lowest BCUT2D eigenvalue weighted by Crippen LogP contribution is -2.37. The van der Waals surface area contributed by atoms with Gasteiger partial charge in [0.15, 0.2) is 5.82 Å². The average Bonchev–Trinajstić information content (AvgIpc) is 2.86. The molecule has 4 heteroatoms. The van der Waals surface area contributed by atoms with Crippen LogP contribution in [0.25, 0.3) is 0 Å². The first kappa shape index (κ1) is 13.5. The number of aromatic nitrogens is 2. The molecule has 0 spiro atoms. The van der Waals surface area contributed by atoms with Crippen LogP contribution in [0.4, 0.5) is 0 Å². The largest absolute Gasteiger partial charge is 0.339 e. The third-order valence-corrected chi connectivity index (χ3v) is 3.79. The van der Waals surface area contributed by atoms with Crippen molar-refractivity contribution < 1.29 is 4.52 Å². The third-order valence-electron chi connectivity index (χ3n) is 3.79. The molecule has 1 aliphatic rings. The van der Waals surface area contributed by atoms with E-state index in [-0.39, 0.29) is 0 Å². The Morgan fingerprint density at radius 3 is 2.89 bits per heavy atom. The molecule has 18 heavy (non-hydrogen) atoms. The molecule has 102 valence electrons. The molecule has 2 rings (SSSR count). The highest BCUT2D eigenvalue weighted by atomic mass is 16.5. The van der Waals surface area contributed by atoms with E-state index in [0.717, 1.165) is 31.1 Å². The van der Waals surface area contributed by atoms with Crippen LogP contribution in [0, 0.1) is 0 Å². The number of rotatable bonds is 6. The number of likely N-dealkylation sites (N-methyl/N-ethyl adjacent to an activating group) is 1. The first-order valence-corrected chi connectivity index (χ1v) is 7.41. The summed E-state index contributed by atoms with van der Waals surface area (Å²) in [6.07, 6.45) is 8.24. The van der Waals surface area contributed by atoms with E-state index in [1.807, 2.05) is 0 Å². The van der Waals surface area contributed by atoms with E-state index >= 15 is 0 Å². The van der Waals surface area contributed by atoms with Crippen LogP contribution in [0.1, 0.15) is 70.0 Å². The molecule has 2 unspecified atom stereocenters. The predicted molar refractivity (Wildman–Crippen MR) is 71.6 cm³/mol. The summed E-state index contributed by atoms with van der Waals surface area (Å²) in [4.78, 5) is 4.59. The van der Waals surface area contributed by atoms with Crippen LogP contribution in [-0.2, 0) is 6.42 Å². The lowest BCUT2D eigenvalue weighted by Gasteiger charge is -2.29. The van der Waals surface area contributed by atoms with Crippen molar-refractivity contribution in [2.24, 2.45) is 0 Å². The fourth-order valence-electron chi connectivity index (χ4n) is 2.79. The summed E-state index contributed by atoms with van der Waals surface area (Å²) in [5.41, 5.74) is 0. The monoisotopic (exact) mass is 251 g/mol. The second kappa shape index (κ2) is 6.88. The van der Waals surface area contributed by atoms with Crippen LogP contribution in [-0.4, -0.2) is 22.7 Å². The lowest BCUT2D eigenvalue weighted by atomic mass is 9.84.